The van der Waals surface area contributed by atoms with Crippen LogP contribution in [0.5, 0.6) is 0 Å². The topological polar surface area (TPSA) is 59.5 Å². The van der Waals surface area contributed by atoms with Crippen molar-refractivity contribution in [3.05, 3.63) is 36.1 Å². The Morgan fingerprint density at radius 2 is 2.00 bits per heavy atom. The molecule has 0 aliphatic heterocycles. The maximum atomic E-state index is 12.6. The largest absolute Gasteiger partial charge is 0.459 e. The number of hydrogen-bond acceptors (Lipinski definition) is 3. The standard InChI is InChI=1S/C18H26N2O2/c1-4-8-15(19)18(21)20(11-5-2)13(3)17-12-14-9-6-7-10-16(14)22-17/h6-7,9-10,12-13,15H,4-5,8,11,19H2,1-3H3. The van der Waals surface area contributed by atoms with Gasteiger partial charge in [0, 0.05) is 11.9 Å². The lowest BCUT2D eigenvalue weighted by Crippen LogP contribution is -2.45. The highest BCUT2D eigenvalue weighted by Gasteiger charge is 2.27. The van der Waals surface area contributed by atoms with Crippen molar-refractivity contribution in [3.63, 3.8) is 0 Å². The SMILES string of the molecule is CCCC(N)C(=O)N(CCC)C(C)c1cc2ccccc2o1. The van der Waals surface area contributed by atoms with Crippen molar-refractivity contribution in [1.29, 1.82) is 0 Å². The van der Waals surface area contributed by atoms with E-state index >= 15 is 0 Å². The van der Waals surface area contributed by atoms with Crippen molar-refractivity contribution in [1.82, 2.24) is 4.90 Å². The molecular weight excluding hydrogens is 276 g/mol. The van der Waals surface area contributed by atoms with E-state index in [9.17, 15) is 4.79 Å². The lowest BCUT2D eigenvalue weighted by atomic mass is 10.1. The summed E-state index contributed by atoms with van der Waals surface area (Å²) in [4.78, 5) is 14.5. The third-order valence-corrected chi connectivity index (χ3v) is 3.99. The average Bonchev–Trinajstić information content (AvgIpc) is 2.95. The van der Waals surface area contributed by atoms with Gasteiger partial charge in [-0.3, -0.25) is 4.79 Å². The van der Waals surface area contributed by atoms with Gasteiger partial charge in [-0.05, 0) is 31.9 Å². The molecule has 1 aromatic carbocycles. The monoisotopic (exact) mass is 302 g/mol. The molecule has 0 bridgehead atoms. The Hall–Kier alpha value is -1.81. The van der Waals surface area contributed by atoms with Crippen LogP contribution in [0.2, 0.25) is 0 Å². The molecule has 4 heteroatoms. The minimum atomic E-state index is -0.427. The van der Waals surface area contributed by atoms with Gasteiger partial charge in [-0.1, -0.05) is 38.5 Å². The summed E-state index contributed by atoms with van der Waals surface area (Å²) in [6, 6.07) is 9.38. The second kappa shape index (κ2) is 7.45. The number of carbonyl (C=O) groups excluding carboxylic acids is 1. The molecule has 1 heterocycles. The van der Waals surface area contributed by atoms with Gasteiger partial charge in [-0.2, -0.15) is 0 Å². The Bertz CT molecular complexity index is 587. The number of furan rings is 1. The summed E-state index contributed by atoms with van der Waals surface area (Å²) in [5.74, 6) is 0.823. The molecule has 1 aromatic heterocycles. The maximum Gasteiger partial charge on any atom is 0.240 e. The molecule has 0 spiro atoms. The molecule has 0 fully saturated rings. The number of fused-ring (bicyclic) bond motifs is 1. The smallest absolute Gasteiger partial charge is 0.240 e. The Balaban J connectivity index is 2.24. The Labute approximate surface area is 132 Å². The van der Waals surface area contributed by atoms with Gasteiger partial charge < -0.3 is 15.1 Å². The van der Waals surface area contributed by atoms with E-state index in [1.165, 1.54) is 0 Å². The highest BCUT2D eigenvalue weighted by molar-refractivity contribution is 5.82. The van der Waals surface area contributed by atoms with Gasteiger partial charge in [0.05, 0.1) is 12.1 Å². The van der Waals surface area contributed by atoms with E-state index < -0.39 is 6.04 Å². The Kier molecular flexibility index (Phi) is 5.61. The lowest BCUT2D eigenvalue weighted by Gasteiger charge is -2.30. The van der Waals surface area contributed by atoms with Gasteiger partial charge >= 0.3 is 0 Å². The molecule has 2 unspecified atom stereocenters. The first kappa shape index (κ1) is 16.6. The van der Waals surface area contributed by atoms with E-state index in [4.69, 9.17) is 10.2 Å². The molecule has 120 valence electrons. The minimum absolute atomic E-state index is 0.0108. The summed E-state index contributed by atoms with van der Waals surface area (Å²) in [5, 5.41) is 1.06. The number of rotatable bonds is 7. The van der Waals surface area contributed by atoms with Crippen LogP contribution in [0.25, 0.3) is 11.0 Å². The Morgan fingerprint density at radius 3 is 2.64 bits per heavy atom. The van der Waals surface area contributed by atoms with E-state index in [1.54, 1.807) is 0 Å². The second-order valence-electron chi connectivity index (χ2n) is 5.79. The van der Waals surface area contributed by atoms with E-state index in [2.05, 4.69) is 6.92 Å². The number of hydrogen-bond donors (Lipinski definition) is 1. The third kappa shape index (κ3) is 3.50. The normalized spacial score (nSPS) is 14.0. The lowest BCUT2D eigenvalue weighted by molar-refractivity contribution is -0.135. The molecule has 0 aliphatic carbocycles. The highest BCUT2D eigenvalue weighted by atomic mass is 16.3. The summed E-state index contributed by atoms with van der Waals surface area (Å²) >= 11 is 0. The minimum Gasteiger partial charge on any atom is -0.459 e. The maximum absolute atomic E-state index is 12.6. The van der Waals surface area contributed by atoms with Crippen LogP contribution < -0.4 is 5.73 Å². The number of amides is 1. The zero-order chi connectivity index (χ0) is 16.1. The second-order valence-corrected chi connectivity index (χ2v) is 5.79. The van der Waals surface area contributed by atoms with Crippen molar-refractivity contribution in [2.24, 2.45) is 5.73 Å². The molecule has 0 radical (unpaired) electrons. The van der Waals surface area contributed by atoms with Gasteiger partial charge in [-0.25, -0.2) is 0 Å². The number of nitrogens with two attached hydrogens (primary N) is 1. The third-order valence-electron chi connectivity index (χ3n) is 3.99. The van der Waals surface area contributed by atoms with Crippen molar-refractivity contribution in [2.75, 3.05) is 6.54 Å². The molecular formula is C18H26N2O2. The van der Waals surface area contributed by atoms with Crippen molar-refractivity contribution >= 4 is 16.9 Å². The average molecular weight is 302 g/mol. The molecule has 0 aliphatic rings. The van der Waals surface area contributed by atoms with Crippen LogP contribution in [-0.4, -0.2) is 23.4 Å². The van der Waals surface area contributed by atoms with Gasteiger partial charge in [0.1, 0.15) is 11.3 Å². The quantitative estimate of drug-likeness (QED) is 0.845. The zero-order valence-electron chi connectivity index (χ0n) is 13.7. The van der Waals surface area contributed by atoms with Crippen molar-refractivity contribution in [3.8, 4) is 0 Å². The fourth-order valence-corrected chi connectivity index (χ4v) is 2.74. The molecule has 2 rings (SSSR count). The summed E-state index contributed by atoms with van der Waals surface area (Å²) < 4.78 is 5.91. The van der Waals surface area contributed by atoms with E-state index in [1.807, 2.05) is 49.1 Å². The van der Waals surface area contributed by atoms with Gasteiger partial charge in [0.25, 0.3) is 0 Å². The first-order valence-corrected chi connectivity index (χ1v) is 8.13. The summed E-state index contributed by atoms with van der Waals surface area (Å²) in [6.07, 6.45) is 2.52. The van der Waals surface area contributed by atoms with Crippen molar-refractivity contribution < 1.29 is 9.21 Å². The van der Waals surface area contributed by atoms with E-state index in [-0.39, 0.29) is 11.9 Å². The molecule has 2 N–H and O–H groups in total. The van der Waals surface area contributed by atoms with Crippen LogP contribution in [0.1, 0.15) is 51.8 Å². The number of benzene rings is 1. The molecule has 2 atom stereocenters. The number of carbonyl (C=O) groups is 1. The summed E-state index contributed by atoms with van der Waals surface area (Å²) in [6.45, 7) is 6.80. The van der Waals surface area contributed by atoms with Crippen molar-refractivity contribution in [2.45, 2.75) is 52.1 Å². The molecule has 22 heavy (non-hydrogen) atoms. The van der Waals surface area contributed by atoms with Crippen LogP contribution in [0, 0.1) is 0 Å². The first-order chi connectivity index (χ1) is 10.6. The fraction of sp³-hybridized carbons (Fsp3) is 0.500. The fourth-order valence-electron chi connectivity index (χ4n) is 2.74. The molecule has 0 saturated heterocycles. The predicted molar refractivity (Wildman–Crippen MR) is 89.5 cm³/mol. The van der Waals surface area contributed by atoms with Crippen LogP contribution in [-0.2, 0) is 4.79 Å². The zero-order valence-corrected chi connectivity index (χ0v) is 13.7. The molecule has 1 amide bonds. The van der Waals surface area contributed by atoms with Crippen LogP contribution in [0.3, 0.4) is 0 Å². The summed E-state index contributed by atoms with van der Waals surface area (Å²) in [7, 11) is 0. The van der Waals surface area contributed by atoms with Gasteiger partial charge in [0.2, 0.25) is 5.91 Å². The van der Waals surface area contributed by atoms with Crippen LogP contribution in [0.4, 0.5) is 0 Å². The van der Waals surface area contributed by atoms with E-state index in [0.717, 1.165) is 29.6 Å². The molecule has 2 aromatic rings. The molecule has 0 saturated carbocycles. The highest BCUT2D eigenvalue weighted by Crippen LogP contribution is 2.28. The number of nitrogens with zero attached hydrogens (tertiary/aromatic N) is 1. The summed E-state index contributed by atoms with van der Waals surface area (Å²) in [5.41, 5.74) is 6.88. The van der Waals surface area contributed by atoms with Crippen LogP contribution in [0.15, 0.2) is 34.7 Å². The Morgan fingerprint density at radius 1 is 1.27 bits per heavy atom. The van der Waals surface area contributed by atoms with Gasteiger partial charge in [0.15, 0.2) is 0 Å². The van der Waals surface area contributed by atoms with Crippen LogP contribution >= 0.6 is 0 Å². The first-order valence-electron chi connectivity index (χ1n) is 8.13. The molecule has 4 nitrogen and oxygen atoms in total. The predicted octanol–water partition coefficient (Wildman–Crippen LogP) is 3.86. The number of para-hydroxylation sites is 1. The van der Waals surface area contributed by atoms with E-state index in [0.29, 0.717) is 13.0 Å². The van der Waals surface area contributed by atoms with Gasteiger partial charge in [-0.15, -0.1) is 0 Å².